The van der Waals surface area contributed by atoms with Gasteiger partial charge in [-0.1, -0.05) is 397 Å². The molecule has 4 heterocycles. The summed E-state index contributed by atoms with van der Waals surface area (Å²) in [7, 11) is 0. The van der Waals surface area contributed by atoms with Crippen LogP contribution in [0.3, 0.4) is 0 Å². The largest absolute Gasteiger partial charge is 0.309 e. The Labute approximate surface area is 709 Å². The summed E-state index contributed by atoms with van der Waals surface area (Å²) < 4.78 is 0. The molecule has 0 bridgehead atoms. The van der Waals surface area contributed by atoms with Crippen LogP contribution in [0.2, 0.25) is 0 Å². The highest BCUT2D eigenvalue weighted by Gasteiger charge is 2.49. The quantitative estimate of drug-likeness (QED) is 0.0903. The maximum absolute atomic E-state index is 6.05. The first kappa shape index (κ1) is 73.3. The third kappa shape index (κ3) is 13.6. The van der Waals surface area contributed by atoms with E-state index in [2.05, 4.69) is 479 Å². The molecule has 21 rings (SSSR count). The zero-order valence-corrected chi connectivity index (χ0v) is 67.6. The Morgan fingerprint density at radius 3 is 0.760 bits per heavy atom. The number of rotatable bonds is 16. The molecule has 0 fully saturated rings. The van der Waals surface area contributed by atoms with E-state index < -0.39 is 12.1 Å². The molecule has 4 nitrogen and oxygen atoms in total. The van der Waals surface area contributed by atoms with Crippen molar-refractivity contribution in [3.63, 3.8) is 0 Å². The molecule has 570 valence electrons. The molecule has 5 heteroatoms. The van der Waals surface area contributed by atoms with Crippen molar-refractivity contribution >= 4 is 57.2 Å². The number of hydrogen-bond donors (Lipinski definition) is 0. The predicted octanol–water partition coefficient (Wildman–Crippen LogP) is 29.2. The molecule has 0 atom stereocenters. The second-order valence-corrected chi connectivity index (χ2v) is 32.6. The van der Waals surface area contributed by atoms with Crippen molar-refractivity contribution < 1.29 is 0 Å². The van der Waals surface area contributed by atoms with Crippen LogP contribution in [0.4, 0.5) is 34.1 Å². The molecular formula is C116H83BN4. The molecular weight excluding hydrogens is 1460 g/mol. The van der Waals surface area contributed by atoms with Gasteiger partial charge in [0.15, 0.2) is 0 Å². The van der Waals surface area contributed by atoms with Gasteiger partial charge in [0.05, 0.1) is 45.5 Å². The number of fused-ring (bicyclic) bond motifs is 4. The molecule has 0 saturated heterocycles. The molecule has 2 aromatic heterocycles. The van der Waals surface area contributed by atoms with Crippen molar-refractivity contribution in [1.29, 1.82) is 0 Å². The minimum Gasteiger partial charge on any atom is -0.309 e. The first-order chi connectivity index (χ1) is 59.7. The summed E-state index contributed by atoms with van der Waals surface area (Å²) in [5, 5.41) is 0. The van der Waals surface area contributed by atoms with Gasteiger partial charge >= 0.3 is 0 Å². The van der Waals surface area contributed by atoms with Gasteiger partial charge in [0.1, 0.15) is 0 Å². The maximum atomic E-state index is 6.05. The van der Waals surface area contributed by atoms with E-state index in [0.29, 0.717) is 0 Å². The van der Waals surface area contributed by atoms with Crippen LogP contribution in [0.15, 0.2) is 449 Å². The first-order valence-corrected chi connectivity index (χ1v) is 41.9. The zero-order chi connectivity index (χ0) is 80.9. The molecule has 2 aliphatic rings. The lowest BCUT2D eigenvalue weighted by molar-refractivity contribution is 0.590. The second-order valence-electron chi connectivity index (χ2n) is 32.6. The number of hydrogen-bond acceptors (Lipinski definition) is 4. The normalized spacial score (nSPS) is 12.0. The highest BCUT2D eigenvalue weighted by Crippen LogP contribution is 2.59. The van der Waals surface area contributed by atoms with Crippen LogP contribution < -0.4 is 26.2 Å². The lowest BCUT2D eigenvalue weighted by Crippen LogP contribution is -2.62. The highest BCUT2D eigenvalue weighted by atomic mass is 15.2. The Bertz CT molecular complexity index is 6520. The average Bonchev–Trinajstić information content (AvgIpc) is 0.674. The summed E-state index contributed by atoms with van der Waals surface area (Å²) in [4.78, 5) is 17.6. The lowest BCUT2D eigenvalue weighted by atomic mass is 9.33. The van der Waals surface area contributed by atoms with Gasteiger partial charge in [-0.2, -0.15) is 0 Å². The van der Waals surface area contributed by atoms with Crippen LogP contribution in [-0.2, 0) is 5.41 Å². The van der Waals surface area contributed by atoms with Crippen LogP contribution in [0.5, 0.6) is 0 Å². The van der Waals surface area contributed by atoms with Gasteiger partial charge < -0.3 is 9.80 Å². The summed E-state index contributed by atoms with van der Waals surface area (Å²) in [6.07, 6.45) is 0. The third-order valence-corrected chi connectivity index (χ3v) is 24.2. The number of benzene rings is 17. The van der Waals surface area contributed by atoms with E-state index in [9.17, 15) is 0 Å². The van der Waals surface area contributed by atoms with Crippen LogP contribution in [0.1, 0.15) is 26.3 Å². The molecule has 121 heavy (non-hydrogen) atoms. The fourth-order valence-electron chi connectivity index (χ4n) is 18.4. The van der Waals surface area contributed by atoms with E-state index in [4.69, 9.17) is 9.97 Å². The zero-order valence-electron chi connectivity index (χ0n) is 67.6. The van der Waals surface area contributed by atoms with E-state index in [1.807, 2.05) is 0 Å². The molecule has 0 N–H and O–H groups in total. The smallest absolute Gasteiger partial charge is 0.252 e. The standard InChI is InChI=1S/C116H83BN4/c1-116(2,3)94-76-107-111-108(77-94)121(113-99(84-50-26-10-27-51-84)74-93(81-44-20-7-21-45-81)75-100(113)85-52-28-11-29-53-85)115-102(69-67-96(91-61-35-59-89(71-91)79-40-16-5-17-41-79)110(115)106-65-37-63-104(119-106)87-56-32-13-33-57-87)117(111)101-68-66-95(90-60-34-58-88(70-90)78-38-14-4-15-39-78)109(105-64-36-62-103(118-105)86-54-30-12-31-55-86)114(101)120(107)112-97(82-46-22-8-23-47-82)72-92(80-42-18-6-19-43-80)73-98(112)83-48-24-9-25-49-83/h4-77H,1-3H3. The molecule has 0 unspecified atom stereocenters. The Morgan fingerprint density at radius 2 is 0.455 bits per heavy atom. The van der Waals surface area contributed by atoms with Crippen molar-refractivity contribution in [3.05, 3.63) is 454 Å². The van der Waals surface area contributed by atoms with Crippen molar-refractivity contribution in [2.45, 2.75) is 26.2 Å². The van der Waals surface area contributed by atoms with Gasteiger partial charge in [-0.05, 0) is 189 Å². The first-order valence-electron chi connectivity index (χ1n) is 41.9. The van der Waals surface area contributed by atoms with Crippen molar-refractivity contribution in [2.24, 2.45) is 0 Å². The minimum atomic E-state index is -0.468. The van der Waals surface area contributed by atoms with Gasteiger partial charge in [-0.25, -0.2) is 9.97 Å². The van der Waals surface area contributed by atoms with E-state index in [1.54, 1.807) is 0 Å². The minimum absolute atomic E-state index is 0.467. The predicted molar refractivity (Wildman–Crippen MR) is 511 cm³/mol. The molecule has 0 radical (unpaired) electrons. The molecule has 2 aliphatic heterocycles. The maximum Gasteiger partial charge on any atom is 0.252 e. The summed E-state index contributed by atoms with van der Waals surface area (Å²) in [6, 6.07) is 166. The Balaban J connectivity index is 0.996. The van der Waals surface area contributed by atoms with E-state index in [1.165, 1.54) is 0 Å². The van der Waals surface area contributed by atoms with E-state index in [0.717, 1.165) is 212 Å². The molecule has 0 aliphatic carbocycles. The number of anilines is 6. The molecule has 0 amide bonds. The van der Waals surface area contributed by atoms with E-state index in [-0.39, 0.29) is 0 Å². The van der Waals surface area contributed by atoms with Gasteiger partial charge in [0.2, 0.25) is 0 Å². The van der Waals surface area contributed by atoms with E-state index >= 15 is 0 Å². The molecule has 0 spiro atoms. The number of aromatic nitrogens is 2. The topological polar surface area (TPSA) is 32.3 Å². The van der Waals surface area contributed by atoms with Gasteiger partial charge in [0, 0.05) is 55.9 Å². The SMILES string of the molecule is CC(C)(C)c1cc2c3c(c1)N(c1c(-c4ccccc4)cc(-c4ccccc4)cc1-c1ccccc1)c1c(ccc(-c4cccc(-c5ccccc5)c4)c1-c1cccc(-c4ccccc4)n1)B3c1ccc(-c3cccc(-c4ccccc4)c3)c(-c3cccc(-c4ccccc4)n3)c1N2c1c(-c2ccccc2)cc(-c2ccccc2)cc1-c1ccccc1. The fourth-order valence-corrected chi connectivity index (χ4v) is 18.4. The summed E-state index contributed by atoms with van der Waals surface area (Å²) in [5.74, 6) is 0. The monoisotopic (exact) mass is 1540 g/mol. The van der Waals surface area contributed by atoms with Crippen molar-refractivity contribution in [1.82, 2.24) is 9.97 Å². The molecule has 17 aromatic carbocycles. The van der Waals surface area contributed by atoms with Crippen LogP contribution >= 0.6 is 0 Å². The van der Waals surface area contributed by atoms with Crippen molar-refractivity contribution in [3.8, 4) is 156 Å². The van der Waals surface area contributed by atoms with Gasteiger partial charge in [-0.3, -0.25) is 0 Å². The Kier molecular flexibility index (Phi) is 19.0. The molecule has 19 aromatic rings. The number of pyridine rings is 2. The second kappa shape index (κ2) is 31.3. The van der Waals surface area contributed by atoms with Gasteiger partial charge in [-0.15, -0.1) is 0 Å². The number of nitrogens with zero attached hydrogens (tertiary/aromatic N) is 4. The highest BCUT2D eigenvalue weighted by molar-refractivity contribution is 7.00. The summed E-state index contributed by atoms with van der Waals surface area (Å²) in [5.41, 5.74) is 39.7. The van der Waals surface area contributed by atoms with Crippen LogP contribution in [-0.4, -0.2) is 16.7 Å². The lowest BCUT2D eigenvalue weighted by Gasteiger charge is -2.48. The summed E-state index contributed by atoms with van der Waals surface area (Å²) >= 11 is 0. The van der Waals surface area contributed by atoms with Crippen LogP contribution in [0.25, 0.3) is 156 Å². The Morgan fingerprint density at radius 1 is 0.198 bits per heavy atom. The average molecular weight is 1540 g/mol. The van der Waals surface area contributed by atoms with Crippen LogP contribution in [0, 0.1) is 0 Å². The fraction of sp³-hybridized carbons (Fsp3) is 0.0345. The third-order valence-electron chi connectivity index (χ3n) is 24.2. The summed E-state index contributed by atoms with van der Waals surface area (Å²) in [6.45, 7) is 6.71. The molecule has 0 saturated carbocycles. The Hall–Kier alpha value is -15.3. The van der Waals surface area contributed by atoms with Crippen molar-refractivity contribution in [2.75, 3.05) is 9.80 Å². The van der Waals surface area contributed by atoms with Gasteiger partial charge in [0.25, 0.3) is 6.71 Å².